The average molecular weight is 378 g/mol. The number of hydrogen-bond acceptors (Lipinski definition) is 6. The summed E-state index contributed by atoms with van der Waals surface area (Å²) in [4.78, 5) is 31.4. The standard InChI is InChI=1S/C16H15N3O2S3/c1-9-3-5-14(23-9)15(21)19-16-18-12(8-22-16)13-6-4-11(24-13)7-17-10(2)20/h3-6,8H,7H2,1-2H3,(H,17,20)(H,18,19,21). The molecule has 124 valence electrons. The first-order valence-corrected chi connectivity index (χ1v) is 9.69. The molecule has 5 nitrogen and oxygen atoms in total. The van der Waals surface area contributed by atoms with Crippen LogP contribution in [-0.2, 0) is 11.3 Å². The molecule has 0 aliphatic rings. The van der Waals surface area contributed by atoms with Gasteiger partial charge in [-0.2, -0.15) is 0 Å². The molecule has 3 rings (SSSR count). The number of carbonyl (C=O) groups is 2. The van der Waals surface area contributed by atoms with E-state index >= 15 is 0 Å². The van der Waals surface area contributed by atoms with Gasteiger partial charge < -0.3 is 5.32 Å². The van der Waals surface area contributed by atoms with Gasteiger partial charge in [0.2, 0.25) is 5.91 Å². The number of nitrogens with one attached hydrogen (secondary N) is 2. The van der Waals surface area contributed by atoms with Gasteiger partial charge in [0.1, 0.15) is 0 Å². The van der Waals surface area contributed by atoms with E-state index in [-0.39, 0.29) is 11.8 Å². The van der Waals surface area contributed by atoms with Gasteiger partial charge in [-0.15, -0.1) is 34.0 Å². The predicted octanol–water partition coefficient (Wildman–Crippen LogP) is 4.13. The summed E-state index contributed by atoms with van der Waals surface area (Å²) in [6, 6.07) is 7.69. The van der Waals surface area contributed by atoms with E-state index in [2.05, 4.69) is 15.6 Å². The molecule has 3 heterocycles. The van der Waals surface area contributed by atoms with Crippen molar-refractivity contribution >= 4 is 51.0 Å². The van der Waals surface area contributed by atoms with Gasteiger partial charge in [-0.25, -0.2) is 4.98 Å². The van der Waals surface area contributed by atoms with Crippen LogP contribution in [0.1, 0.15) is 26.3 Å². The quantitative estimate of drug-likeness (QED) is 0.702. The van der Waals surface area contributed by atoms with Crippen molar-refractivity contribution in [3.63, 3.8) is 0 Å². The number of aromatic nitrogens is 1. The molecule has 0 spiro atoms. The molecule has 0 fully saturated rings. The minimum atomic E-state index is -0.133. The lowest BCUT2D eigenvalue weighted by atomic mass is 10.3. The van der Waals surface area contributed by atoms with Gasteiger partial charge in [0.25, 0.3) is 5.91 Å². The third-order valence-electron chi connectivity index (χ3n) is 3.11. The van der Waals surface area contributed by atoms with Gasteiger partial charge in [0.15, 0.2) is 5.13 Å². The smallest absolute Gasteiger partial charge is 0.267 e. The largest absolute Gasteiger partial charge is 0.351 e. The zero-order valence-corrected chi connectivity index (χ0v) is 15.5. The van der Waals surface area contributed by atoms with Crippen molar-refractivity contribution in [1.82, 2.24) is 10.3 Å². The summed E-state index contributed by atoms with van der Waals surface area (Å²) in [5.74, 6) is -0.182. The first-order valence-electron chi connectivity index (χ1n) is 7.18. The van der Waals surface area contributed by atoms with Crippen LogP contribution in [0.15, 0.2) is 29.6 Å². The summed E-state index contributed by atoms with van der Waals surface area (Å²) >= 11 is 4.44. The summed E-state index contributed by atoms with van der Waals surface area (Å²) in [6.07, 6.45) is 0. The van der Waals surface area contributed by atoms with Crippen LogP contribution in [0.25, 0.3) is 10.6 Å². The molecule has 24 heavy (non-hydrogen) atoms. The van der Waals surface area contributed by atoms with E-state index in [0.717, 1.165) is 20.3 Å². The second kappa shape index (κ2) is 7.25. The molecule has 0 saturated carbocycles. The van der Waals surface area contributed by atoms with Gasteiger partial charge >= 0.3 is 0 Å². The van der Waals surface area contributed by atoms with Crippen LogP contribution in [0, 0.1) is 6.92 Å². The summed E-state index contributed by atoms with van der Waals surface area (Å²) in [5.41, 5.74) is 0.830. The average Bonchev–Trinajstić information content (AvgIpc) is 3.24. The van der Waals surface area contributed by atoms with Gasteiger partial charge in [0.05, 0.1) is 22.0 Å². The van der Waals surface area contributed by atoms with Crippen LogP contribution in [-0.4, -0.2) is 16.8 Å². The maximum atomic E-state index is 12.2. The van der Waals surface area contributed by atoms with Crippen molar-refractivity contribution < 1.29 is 9.59 Å². The molecule has 2 amide bonds. The van der Waals surface area contributed by atoms with Gasteiger partial charge in [-0.3, -0.25) is 14.9 Å². The van der Waals surface area contributed by atoms with E-state index in [1.807, 2.05) is 36.6 Å². The van der Waals surface area contributed by atoms with E-state index in [0.29, 0.717) is 16.6 Å². The number of rotatable bonds is 5. The zero-order valence-electron chi connectivity index (χ0n) is 13.1. The number of thiophene rings is 2. The third-order valence-corrected chi connectivity index (χ3v) is 5.98. The van der Waals surface area contributed by atoms with E-state index < -0.39 is 0 Å². The number of thiazole rings is 1. The zero-order chi connectivity index (χ0) is 17.1. The number of amides is 2. The summed E-state index contributed by atoms with van der Waals surface area (Å²) < 4.78 is 0. The van der Waals surface area contributed by atoms with E-state index in [9.17, 15) is 9.59 Å². The monoisotopic (exact) mass is 377 g/mol. The van der Waals surface area contributed by atoms with E-state index in [1.165, 1.54) is 29.6 Å². The lowest BCUT2D eigenvalue weighted by molar-refractivity contribution is -0.119. The fourth-order valence-electron chi connectivity index (χ4n) is 1.98. The Balaban J connectivity index is 1.67. The molecule has 0 radical (unpaired) electrons. The van der Waals surface area contributed by atoms with Gasteiger partial charge in [-0.1, -0.05) is 0 Å². The van der Waals surface area contributed by atoms with Gasteiger partial charge in [0, 0.05) is 22.1 Å². The lowest BCUT2D eigenvalue weighted by Gasteiger charge is -1.98. The number of hydrogen-bond donors (Lipinski definition) is 2. The van der Waals surface area contributed by atoms with Crippen molar-refractivity contribution in [2.75, 3.05) is 5.32 Å². The SMILES string of the molecule is CC(=O)NCc1ccc(-c2csc(NC(=O)c3ccc(C)s3)n2)s1. The molecule has 0 aromatic carbocycles. The predicted molar refractivity (Wildman–Crippen MR) is 100.0 cm³/mol. The Labute approximate surface area is 151 Å². The summed E-state index contributed by atoms with van der Waals surface area (Å²) in [6.45, 7) is 3.99. The van der Waals surface area contributed by atoms with Gasteiger partial charge in [-0.05, 0) is 31.2 Å². The Morgan fingerprint density at radius 3 is 2.71 bits per heavy atom. The Morgan fingerprint density at radius 2 is 2.00 bits per heavy atom. The molecule has 0 atom stereocenters. The Morgan fingerprint density at radius 1 is 1.17 bits per heavy atom. The Kier molecular flexibility index (Phi) is 5.08. The molecule has 3 aromatic rings. The van der Waals surface area contributed by atoms with Crippen LogP contribution < -0.4 is 10.6 Å². The highest BCUT2D eigenvalue weighted by Crippen LogP contribution is 2.31. The second-order valence-electron chi connectivity index (χ2n) is 5.08. The van der Waals surface area contributed by atoms with Crippen LogP contribution in [0.2, 0.25) is 0 Å². The van der Waals surface area contributed by atoms with Crippen molar-refractivity contribution in [1.29, 1.82) is 0 Å². The highest BCUT2D eigenvalue weighted by molar-refractivity contribution is 7.17. The van der Waals surface area contributed by atoms with Crippen molar-refractivity contribution in [2.24, 2.45) is 0 Å². The van der Waals surface area contributed by atoms with Crippen LogP contribution in [0.5, 0.6) is 0 Å². The third kappa shape index (κ3) is 4.08. The molecule has 3 aromatic heterocycles. The Bertz CT molecular complexity index is 879. The number of aryl methyl sites for hydroxylation is 1. The number of carbonyl (C=O) groups excluding carboxylic acids is 2. The minimum absolute atomic E-state index is 0.0487. The molecule has 8 heteroatoms. The molecule has 0 aliphatic carbocycles. The number of nitrogens with zero attached hydrogens (tertiary/aromatic N) is 1. The molecule has 0 unspecified atom stereocenters. The second-order valence-corrected chi connectivity index (χ2v) is 8.39. The summed E-state index contributed by atoms with van der Waals surface area (Å²) in [7, 11) is 0. The highest BCUT2D eigenvalue weighted by Gasteiger charge is 2.12. The Hall–Kier alpha value is -2.03. The van der Waals surface area contributed by atoms with Crippen LogP contribution in [0.3, 0.4) is 0 Å². The van der Waals surface area contributed by atoms with Crippen molar-refractivity contribution in [2.45, 2.75) is 20.4 Å². The fourth-order valence-corrected chi connectivity index (χ4v) is 4.43. The topological polar surface area (TPSA) is 71.1 Å². The van der Waals surface area contributed by atoms with Crippen LogP contribution in [0.4, 0.5) is 5.13 Å². The molecular weight excluding hydrogens is 362 g/mol. The summed E-state index contributed by atoms with van der Waals surface area (Å²) in [5, 5.41) is 8.11. The van der Waals surface area contributed by atoms with Crippen molar-refractivity contribution in [3.05, 3.63) is 44.3 Å². The molecular formula is C16H15N3O2S3. The van der Waals surface area contributed by atoms with E-state index in [4.69, 9.17) is 0 Å². The normalized spacial score (nSPS) is 10.6. The van der Waals surface area contributed by atoms with Crippen LogP contribution >= 0.6 is 34.0 Å². The fraction of sp³-hybridized carbons (Fsp3) is 0.188. The molecule has 0 bridgehead atoms. The van der Waals surface area contributed by atoms with E-state index in [1.54, 1.807) is 11.3 Å². The molecule has 2 N–H and O–H groups in total. The first-order chi connectivity index (χ1) is 11.5. The maximum Gasteiger partial charge on any atom is 0.267 e. The first kappa shape index (κ1) is 16.8. The van der Waals surface area contributed by atoms with Crippen molar-refractivity contribution in [3.8, 4) is 10.6 Å². The lowest BCUT2D eigenvalue weighted by Crippen LogP contribution is -2.17. The maximum absolute atomic E-state index is 12.2. The molecule has 0 saturated heterocycles. The number of anilines is 1. The highest BCUT2D eigenvalue weighted by atomic mass is 32.1. The minimum Gasteiger partial charge on any atom is -0.351 e. The molecule has 0 aliphatic heterocycles.